The minimum atomic E-state index is -4.49. The number of morpholine rings is 1. The molecule has 0 atom stereocenters. The minimum Gasteiger partial charge on any atom is -0.440 e. The molecule has 0 aromatic heterocycles. The fourth-order valence-corrected chi connectivity index (χ4v) is 1.42. The lowest BCUT2D eigenvalue weighted by Gasteiger charge is -2.41. The summed E-state index contributed by atoms with van der Waals surface area (Å²) in [5.41, 5.74) is -0.638. The Morgan fingerprint density at radius 1 is 1.50 bits per heavy atom. The Kier molecular flexibility index (Phi) is 3.67. The molecule has 0 radical (unpaired) electrons. The highest BCUT2D eigenvalue weighted by atomic mass is 19.4. The summed E-state index contributed by atoms with van der Waals surface area (Å²) in [5.74, 6) is 0. The fourth-order valence-electron chi connectivity index (χ4n) is 1.42. The normalized spacial score (nSPS) is 20.7. The lowest BCUT2D eigenvalue weighted by Crippen LogP contribution is -2.55. The largest absolute Gasteiger partial charge is 0.440 e. The Morgan fingerprint density at radius 3 is 2.62 bits per heavy atom. The van der Waals surface area contributed by atoms with Gasteiger partial charge in [0.15, 0.2) is 6.61 Å². The van der Waals surface area contributed by atoms with Gasteiger partial charge in [-0.1, -0.05) is 0 Å². The van der Waals surface area contributed by atoms with Gasteiger partial charge in [0, 0.05) is 6.54 Å². The van der Waals surface area contributed by atoms with E-state index in [2.05, 4.69) is 4.74 Å². The average molecular weight is 241 g/mol. The fraction of sp³-hybridized carbons (Fsp3) is 0.889. The number of ether oxygens (including phenoxy) is 2. The molecule has 4 nitrogen and oxygen atoms in total. The number of carbonyl (C=O) groups excluding carboxylic acids is 1. The van der Waals surface area contributed by atoms with Crippen molar-refractivity contribution in [2.24, 2.45) is 0 Å². The number of rotatable bonds is 1. The van der Waals surface area contributed by atoms with Gasteiger partial charge >= 0.3 is 12.3 Å². The Labute approximate surface area is 91.3 Å². The average Bonchev–Trinajstić information content (AvgIpc) is 2.12. The maximum absolute atomic E-state index is 11.9. The Bertz CT molecular complexity index is 265. The van der Waals surface area contributed by atoms with E-state index in [1.54, 1.807) is 13.8 Å². The van der Waals surface area contributed by atoms with Crippen LogP contribution in [0.5, 0.6) is 0 Å². The van der Waals surface area contributed by atoms with Gasteiger partial charge in [-0.2, -0.15) is 13.2 Å². The highest BCUT2D eigenvalue weighted by Crippen LogP contribution is 2.21. The number of halogens is 3. The second-order valence-electron chi connectivity index (χ2n) is 4.19. The number of alkyl halides is 3. The van der Waals surface area contributed by atoms with Crippen LogP contribution >= 0.6 is 0 Å². The number of nitrogens with zero attached hydrogens (tertiary/aromatic N) is 1. The summed E-state index contributed by atoms with van der Waals surface area (Å²) in [6, 6.07) is 0. The predicted molar refractivity (Wildman–Crippen MR) is 49.0 cm³/mol. The van der Waals surface area contributed by atoms with Gasteiger partial charge in [0.25, 0.3) is 0 Å². The van der Waals surface area contributed by atoms with Gasteiger partial charge in [-0.15, -0.1) is 0 Å². The van der Waals surface area contributed by atoms with Crippen LogP contribution in [-0.2, 0) is 9.47 Å². The molecule has 0 aromatic carbocycles. The van der Waals surface area contributed by atoms with Crippen molar-refractivity contribution in [2.75, 3.05) is 26.4 Å². The second-order valence-corrected chi connectivity index (χ2v) is 4.19. The Hall–Kier alpha value is -0.980. The van der Waals surface area contributed by atoms with Crippen LogP contribution in [0.2, 0.25) is 0 Å². The molecule has 0 unspecified atom stereocenters. The van der Waals surface area contributed by atoms with E-state index in [0.717, 1.165) is 0 Å². The van der Waals surface area contributed by atoms with E-state index in [9.17, 15) is 18.0 Å². The summed E-state index contributed by atoms with van der Waals surface area (Å²) >= 11 is 0. The van der Waals surface area contributed by atoms with Gasteiger partial charge in [-0.3, -0.25) is 4.90 Å². The molecule has 0 bridgehead atoms. The van der Waals surface area contributed by atoms with Crippen LogP contribution in [0.25, 0.3) is 0 Å². The molecule has 0 aliphatic carbocycles. The molecular weight excluding hydrogens is 227 g/mol. The van der Waals surface area contributed by atoms with Crippen LogP contribution in [0.1, 0.15) is 13.8 Å². The zero-order valence-electron chi connectivity index (χ0n) is 9.13. The molecule has 94 valence electrons. The van der Waals surface area contributed by atoms with Crippen molar-refractivity contribution in [2.45, 2.75) is 25.6 Å². The molecule has 1 saturated heterocycles. The van der Waals surface area contributed by atoms with E-state index in [1.165, 1.54) is 4.90 Å². The molecule has 0 saturated carbocycles. The third-order valence-corrected chi connectivity index (χ3v) is 2.22. The summed E-state index contributed by atoms with van der Waals surface area (Å²) in [7, 11) is 0. The molecule has 1 aliphatic heterocycles. The van der Waals surface area contributed by atoms with Crippen molar-refractivity contribution in [1.82, 2.24) is 4.90 Å². The van der Waals surface area contributed by atoms with Crippen LogP contribution in [0.3, 0.4) is 0 Å². The van der Waals surface area contributed by atoms with Crippen LogP contribution in [0, 0.1) is 0 Å². The van der Waals surface area contributed by atoms with Gasteiger partial charge in [0.1, 0.15) is 0 Å². The quantitative estimate of drug-likeness (QED) is 0.702. The summed E-state index contributed by atoms with van der Waals surface area (Å²) in [6.45, 7) is 2.70. The molecular formula is C9H14F3NO3. The maximum atomic E-state index is 11.9. The Morgan fingerprint density at radius 2 is 2.12 bits per heavy atom. The molecule has 1 amide bonds. The van der Waals surface area contributed by atoms with E-state index in [4.69, 9.17) is 4.74 Å². The summed E-state index contributed by atoms with van der Waals surface area (Å²) < 4.78 is 44.9. The minimum absolute atomic E-state index is 0.240. The zero-order chi connectivity index (χ0) is 12.4. The third kappa shape index (κ3) is 3.55. The first-order chi connectivity index (χ1) is 7.22. The van der Waals surface area contributed by atoms with Crippen LogP contribution in [0.4, 0.5) is 18.0 Å². The smallest absolute Gasteiger partial charge is 0.422 e. The molecule has 1 fully saturated rings. The molecule has 0 aromatic rings. The van der Waals surface area contributed by atoms with Gasteiger partial charge < -0.3 is 9.47 Å². The Balaban J connectivity index is 2.52. The standard InChI is InChI=1S/C9H14F3NO3/c1-8(2)5-15-4-3-13(8)7(14)16-6-9(10,11)12/h3-6H2,1-2H3. The topological polar surface area (TPSA) is 38.8 Å². The van der Waals surface area contributed by atoms with Crippen LogP contribution in [-0.4, -0.2) is 49.1 Å². The van der Waals surface area contributed by atoms with E-state index in [0.29, 0.717) is 6.61 Å². The zero-order valence-corrected chi connectivity index (χ0v) is 9.13. The molecule has 1 rings (SSSR count). The second kappa shape index (κ2) is 4.48. The van der Waals surface area contributed by atoms with Crippen LogP contribution < -0.4 is 0 Å². The number of hydrogen-bond donors (Lipinski definition) is 0. The summed E-state index contributed by atoms with van der Waals surface area (Å²) in [6.07, 6.45) is -5.45. The van der Waals surface area contributed by atoms with Crippen molar-refractivity contribution in [3.63, 3.8) is 0 Å². The van der Waals surface area contributed by atoms with E-state index in [-0.39, 0.29) is 13.2 Å². The molecule has 16 heavy (non-hydrogen) atoms. The third-order valence-electron chi connectivity index (χ3n) is 2.22. The van der Waals surface area contributed by atoms with Crippen molar-refractivity contribution in [3.8, 4) is 0 Å². The first-order valence-corrected chi connectivity index (χ1v) is 4.81. The van der Waals surface area contributed by atoms with E-state index < -0.39 is 24.4 Å². The van der Waals surface area contributed by atoms with Crippen molar-refractivity contribution >= 4 is 6.09 Å². The first kappa shape index (κ1) is 13.1. The number of hydrogen-bond acceptors (Lipinski definition) is 3. The van der Waals surface area contributed by atoms with E-state index >= 15 is 0 Å². The number of amides is 1. The highest BCUT2D eigenvalue weighted by molar-refractivity contribution is 5.68. The monoisotopic (exact) mass is 241 g/mol. The van der Waals surface area contributed by atoms with Gasteiger partial charge in [0.05, 0.1) is 18.8 Å². The van der Waals surface area contributed by atoms with Gasteiger partial charge in [0.2, 0.25) is 0 Å². The molecule has 1 heterocycles. The van der Waals surface area contributed by atoms with Crippen molar-refractivity contribution < 1.29 is 27.4 Å². The number of carbonyl (C=O) groups is 1. The highest BCUT2D eigenvalue weighted by Gasteiger charge is 2.37. The molecule has 7 heteroatoms. The first-order valence-electron chi connectivity index (χ1n) is 4.81. The van der Waals surface area contributed by atoms with Gasteiger partial charge in [-0.05, 0) is 13.8 Å². The van der Waals surface area contributed by atoms with Gasteiger partial charge in [-0.25, -0.2) is 4.79 Å². The predicted octanol–water partition coefficient (Wildman–Crippen LogP) is 1.80. The van der Waals surface area contributed by atoms with E-state index in [1.807, 2.05) is 0 Å². The van der Waals surface area contributed by atoms with Crippen molar-refractivity contribution in [1.29, 1.82) is 0 Å². The summed E-state index contributed by atoms with van der Waals surface area (Å²) in [4.78, 5) is 12.7. The molecule has 1 aliphatic rings. The lowest BCUT2D eigenvalue weighted by atomic mass is 10.0. The lowest BCUT2D eigenvalue weighted by molar-refractivity contribution is -0.165. The molecule has 0 spiro atoms. The maximum Gasteiger partial charge on any atom is 0.422 e. The molecule has 0 N–H and O–H groups in total. The van der Waals surface area contributed by atoms with Crippen molar-refractivity contribution in [3.05, 3.63) is 0 Å². The SMILES string of the molecule is CC1(C)COCCN1C(=O)OCC(F)(F)F. The summed E-state index contributed by atoms with van der Waals surface area (Å²) in [5, 5.41) is 0. The van der Waals surface area contributed by atoms with Crippen LogP contribution in [0.15, 0.2) is 0 Å².